The minimum atomic E-state index is 0.580. The third-order valence-corrected chi connectivity index (χ3v) is 2.10. The number of thiol groups is 2. The highest BCUT2D eigenvalue weighted by Crippen LogP contribution is 2.08. The number of unbranched alkanes of at least 4 members (excludes halogenated alkanes) is 3. The lowest BCUT2D eigenvalue weighted by Crippen LogP contribution is -1.90. The predicted octanol–water partition coefficient (Wildman–Crippen LogP) is 3.19. The Kier molecular flexibility index (Phi) is 8.35. The van der Waals surface area contributed by atoms with E-state index >= 15 is 0 Å². The van der Waals surface area contributed by atoms with Gasteiger partial charge in [-0.25, -0.2) is 0 Å². The molecule has 0 heterocycles. The summed E-state index contributed by atoms with van der Waals surface area (Å²) in [5, 5.41) is 0.580. The zero-order valence-corrected chi connectivity index (χ0v) is 8.50. The number of hydrogen-bond donors (Lipinski definition) is 2. The van der Waals surface area contributed by atoms with Crippen molar-refractivity contribution < 1.29 is 0 Å². The third kappa shape index (κ3) is 8.70. The van der Waals surface area contributed by atoms with E-state index in [1.165, 1.54) is 32.1 Å². The first-order valence-corrected chi connectivity index (χ1v) is 5.21. The second-order valence-corrected chi connectivity index (χ2v) is 4.10. The molecule has 0 aliphatic rings. The van der Waals surface area contributed by atoms with Crippen molar-refractivity contribution in [3.63, 3.8) is 0 Å². The normalized spacial score (nSPS) is 13.5. The van der Waals surface area contributed by atoms with Gasteiger partial charge < -0.3 is 0 Å². The minimum absolute atomic E-state index is 0.580. The monoisotopic (exact) mass is 178 g/mol. The molecule has 1 unspecified atom stereocenters. The predicted molar refractivity (Wildman–Crippen MR) is 55.4 cm³/mol. The van der Waals surface area contributed by atoms with Gasteiger partial charge in [0.15, 0.2) is 0 Å². The second-order valence-electron chi connectivity index (χ2n) is 2.78. The number of hydrogen-bond acceptors (Lipinski definition) is 2. The van der Waals surface area contributed by atoms with Crippen LogP contribution in [0, 0.1) is 0 Å². The standard InChI is InChI=1S/C8H18S2/c1-8(10)6-4-2-3-5-7-9/h8-10H,2-7H2,1H3. The van der Waals surface area contributed by atoms with Crippen molar-refractivity contribution in [2.45, 2.75) is 44.3 Å². The summed E-state index contributed by atoms with van der Waals surface area (Å²) in [6.07, 6.45) is 6.55. The number of rotatable bonds is 6. The summed E-state index contributed by atoms with van der Waals surface area (Å²) >= 11 is 8.46. The van der Waals surface area contributed by atoms with E-state index in [1.807, 2.05) is 0 Å². The smallest absolute Gasteiger partial charge is 0.00116 e. The summed E-state index contributed by atoms with van der Waals surface area (Å²) in [6.45, 7) is 2.15. The zero-order chi connectivity index (χ0) is 7.82. The van der Waals surface area contributed by atoms with Crippen LogP contribution in [0.15, 0.2) is 0 Å². The van der Waals surface area contributed by atoms with Crippen molar-refractivity contribution in [2.24, 2.45) is 0 Å². The molecule has 0 spiro atoms. The molecule has 62 valence electrons. The van der Waals surface area contributed by atoms with E-state index in [1.54, 1.807) is 0 Å². The molecule has 0 N–H and O–H groups in total. The van der Waals surface area contributed by atoms with E-state index in [4.69, 9.17) is 0 Å². The lowest BCUT2D eigenvalue weighted by molar-refractivity contribution is 0.634. The quantitative estimate of drug-likeness (QED) is 0.453. The van der Waals surface area contributed by atoms with Crippen LogP contribution >= 0.6 is 25.3 Å². The Hall–Kier alpha value is 0.700. The Bertz CT molecular complexity index is 62.3. The van der Waals surface area contributed by atoms with Gasteiger partial charge in [0.2, 0.25) is 0 Å². The maximum absolute atomic E-state index is 4.31. The van der Waals surface area contributed by atoms with Gasteiger partial charge in [0.25, 0.3) is 0 Å². The average Bonchev–Trinajstić information content (AvgIpc) is 1.87. The Balaban J connectivity index is 2.77. The summed E-state index contributed by atoms with van der Waals surface area (Å²) in [4.78, 5) is 0. The van der Waals surface area contributed by atoms with E-state index in [0.717, 1.165) is 5.75 Å². The molecule has 1 atom stereocenters. The molecular weight excluding hydrogens is 160 g/mol. The summed E-state index contributed by atoms with van der Waals surface area (Å²) < 4.78 is 0. The van der Waals surface area contributed by atoms with Gasteiger partial charge in [-0.3, -0.25) is 0 Å². The van der Waals surface area contributed by atoms with E-state index in [-0.39, 0.29) is 0 Å². The van der Waals surface area contributed by atoms with E-state index in [0.29, 0.717) is 5.25 Å². The summed E-state index contributed by atoms with van der Waals surface area (Å²) in [5.41, 5.74) is 0. The maximum atomic E-state index is 4.31. The lowest BCUT2D eigenvalue weighted by Gasteiger charge is -2.01. The van der Waals surface area contributed by atoms with Crippen molar-refractivity contribution >= 4 is 25.3 Å². The van der Waals surface area contributed by atoms with Crippen LogP contribution in [-0.4, -0.2) is 11.0 Å². The topological polar surface area (TPSA) is 0 Å². The van der Waals surface area contributed by atoms with Gasteiger partial charge in [-0.15, -0.1) is 0 Å². The van der Waals surface area contributed by atoms with Crippen molar-refractivity contribution in [2.75, 3.05) is 5.75 Å². The van der Waals surface area contributed by atoms with Gasteiger partial charge in [0.1, 0.15) is 0 Å². The SMILES string of the molecule is CC(S)CCCCCCS. The molecule has 0 aromatic rings. The Morgan fingerprint density at radius 1 is 1.10 bits per heavy atom. The first-order chi connectivity index (χ1) is 4.77. The summed E-state index contributed by atoms with van der Waals surface area (Å²) in [6, 6.07) is 0. The molecular formula is C8H18S2. The van der Waals surface area contributed by atoms with Crippen molar-refractivity contribution in [3.05, 3.63) is 0 Å². The van der Waals surface area contributed by atoms with Gasteiger partial charge in [-0.1, -0.05) is 26.2 Å². The molecule has 0 amide bonds. The maximum Gasteiger partial charge on any atom is -0.00116 e. The molecule has 0 radical (unpaired) electrons. The van der Waals surface area contributed by atoms with Gasteiger partial charge in [0.05, 0.1) is 0 Å². The van der Waals surface area contributed by atoms with Crippen molar-refractivity contribution in [1.29, 1.82) is 0 Å². The highest BCUT2D eigenvalue weighted by molar-refractivity contribution is 7.80. The first kappa shape index (κ1) is 10.7. The molecule has 0 saturated carbocycles. The fourth-order valence-corrected chi connectivity index (χ4v) is 1.31. The van der Waals surface area contributed by atoms with Crippen molar-refractivity contribution in [3.8, 4) is 0 Å². The van der Waals surface area contributed by atoms with Crippen LogP contribution in [-0.2, 0) is 0 Å². The van der Waals surface area contributed by atoms with Gasteiger partial charge in [-0.2, -0.15) is 25.3 Å². The van der Waals surface area contributed by atoms with Crippen LogP contribution in [0.3, 0.4) is 0 Å². The van der Waals surface area contributed by atoms with Crippen LogP contribution in [0.2, 0.25) is 0 Å². The summed E-state index contributed by atoms with van der Waals surface area (Å²) in [7, 11) is 0. The molecule has 10 heavy (non-hydrogen) atoms. The van der Waals surface area contributed by atoms with Crippen LogP contribution in [0.1, 0.15) is 39.0 Å². The van der Waals surface area contributed by atoms with Crippen LogP contribution < -0.4 is 0 Å². The molecule has 0 aromatic carbocycles. The summed E-state index contributed by atoms with van der Waals surface area (Å²) in [5.74, 6) is 1.04. The molecule has 0 bridgehead atoms. The Morgan fingerprint density at radius 2 is 1.70 bits per heavy atom. The molecule has 0 aromatic heterocycles. The van der Waals surface area contributed by atoms with E-state index in [2.05, 4.69) is 32.2 Å². The van der Waals surface area contributed by atoms with Gasteiger partial charge in [-0.05, 0) is 23.8 Å². The van der Waals surface area contributed by atoms with E-state index < -0.39 is 0 Å². The first-order valence-electron chi connectivity index (χ1n) is 4.06. The fraction of sp³-hybridized carbons (Fsp3) is 1.00. The molecule has 2 heteroatoms. The fourth-order valence-electron chi connectivity index (χ4n) is 0.905. The minimum Gasteiger partial charge on any atom is -0.179 e. The molecule has 0 aliphatic heterocycles. The van der Waals surface area contributed by atoms with Crippen LogP contribution in [0.5, 0.6) is 0 Å². The highest BCUT2D eigenvalue weighted by Gasteiger charge is 1.93. The van der Waals surface area contributed by atoms with E-state index in [9.17, 15) is 0 Å². The van der Waals surface area contributed by atoms with Gasteiger partial charge in [0, 0.05) is 0 Å². The molecule has 0 rings (SSSR count). The zero-order valence-electron chi connectivity index (χ0n) is 6.71. The second kappa shape index (κ2) is 7.80. The molecule has 0 saturated heterocycles. The Morgan fingerprint density at radius 3 is 2.20 bits per heavy atom. The Labute approximate surface area is 75.6 Å². The van der Waals surface area contributed by atoms with Crippen molar-refractivity contribution in [1.82, 2.24) is 0 Å². The molecule has 0 nitrogen and oxygen atoms in total. The molecule has 0 fully saturated rings. The largest absolute Gasteiger partial charge is 0.179 e. The lowest BCUT2D eigenvalue weighted by atomic mass is 10.1. The van der Waals surface area contributed by atoms with Gasteiger partial charge >= 0.3 is 0 Å². The molecule has 0 aliphatic carbocycles. The highest BCUT2D eigenvalue weighted by atomic mass is 32.1. The average molecular weight is 178 g/mol. The third-order valence-electron chi connectivity index (χ3n) is 1.53. The van der Waals surface area contributed by atoms with Crippen LogP contribution in [0.25, 0.3) is 0 Å². The van der Waals surface area contributed by atoms with Crippen LogP contribution in [0.4, 0.5) is 0 Å².